The van der Waals surface area contributed by atoms with E-state index in [0.29, 0.717) is 53.1 Å². The molecule has 3 heterocycles. The molecule has 274 valence electrons. The first-order chi connectivity index (χ1) is 24.7. The molecule has 2 aromatic heterocycles. The molecule has 2 N–H and O–H groups in total. The number of benzene rings is 2. The molecule has 0 bridgehead atoms. The topological polar surface area (TPSA) is 199 Å². The SMILES string of the molecule is CCOc1cc2ncc(C#N)c(Nc3ccc(OCc4ccccn4)c(Cl)c3)c2cc1NC(=O)/C(OS(C)(=O)=O)=C(\OS(C)(=O)=O)[C@H]1CCCN1C. The zero-order chi connectivity index (χ0) is 37.6. The number of fused-ring (bicyclic) bond motifs is 1. The molecule has 0 spiro atoms. The van der Waals surface area contributed by atoms with Crippen molar-refractivity contribution >= 4 is 65.7 Å². The van der Waals surface area contributed by atoms with Gasteiger partial charge in [0.2, 0.25) is 5.76 Å². The van der Waals surface area contributed by atoms with Crippen molar-refractivity contribution < 1.29 is 39.5 Å². The van der Waals surface area contributed by atoms with Crippen molar-refractivity contribution in [2.45, 2.75) is 32.4 Å². The summed E-state index contributed by atoms with van der Waals surface area (Å²) in [7, 11) is -6.91. The number of aromatic nitrogens is 2. The van der Waals surface area contributed by atoms with Crippen LogP contribution >= 0.6 is 11.6 Å². The highest BCUT2D eigenvalue weighted by Crippen LogP contribution is 2.38. The van der Waals surface area contributed by atoms with Crippen LogP contribution in [-0.4, -0.2) is 76.4 Å². The minimum atomic E-state index is -4.36. The number of amides is 1. The Kier molecular flexibility index (Phi) is 11.7. The van der Waals surface area contributed by atoms with Gasteiger partial charge in [-0.05, 0) is 69.8 Å². The molecular weight excluding hydrogens is 736 g/mol. The van der Waals surface area contributed by atoms with Crippen LogP contribution in [0.2, 0.25) is 5.02 Å². The van der Waals surface area contributed by atoms with E-state index in [1.807, 2.05) is 12.1 Å². The third-order valence-corrected chi connectivity index (χ3v) is 8.92. The fraction of sp³-hybridized carbons (Fsp3) is 0.294. The number of anilines is 3. The first-order valence-electron chi connectivity index (χ1n) is 15.8. The van der Waals surface area contributed by atoms with E-state index in [2.05, 4.69) is 26.7 Å². The van der Waals surface area contributed by atoms with Crippen molar-refractivity contribution in [3.63, 3.8) is 0 Å². The van der Waals surface area contributed by atoms with Gasteiger partial charge in [0.15, 0.2) is 5.76 Å². The van der Waals surface area contributed by atoms with Gasteiger partial charge in [-0.3, -0.25) is 19.7 Å². The number of carbonyl (C=O) groups excluding carboxylic acids is 1. The average Bonchev–Trinajstić information content (AvgIpc) is 3.51. The Morgan fingerprint density at radius 2 is 1.81 bits per heavy atom. The van der Waals surface area contributed by atoms with Gasteiger partial charge in [-0.15, -0.1) is 0 Å². The van der Waals surface area contributed by atoms with Gasteiger partial charge >= 0.3 is 20.2 Å². The van der Waals surface area contributed by atoms with E-state index in [-0.39, 0.29) is 35.2 Å². The molecule has 5 rings (SSSR count). The summed E-state index contributed by atoms with van der Waals surface area (Å²) >= 11 is 6.55. The van der Waals surface area contributed by atoms with Crippen LogP contribution in [0.3, 0.4) is 0 Å². The summed E-state index contributed by atoms with van der Waals surface area (Å²) in [5.74, 6) is -1.92. The number of likely N-dealkylation sites (N-methyl/N-ethyl adjacent to an activating group) is 1. The molecule has 52 heavy (non-hydrogen) atoms. The highest BCUT2D eigenvalue weighted by atomic mass is 35.5. The van der Waals surface area contributed by atoms with Crippen LogP contribution in [0.1, 0.15) is 31.0 Å². The zero-order valence-corrected chi connectivity index (χ0v) is 30.9. The highest BCUT2D eigenvalue weighted by Gasteiger charge is 2.36. The maximum atomic E-state index is 14.0. The first kappa shape index (κ1) is 38.1. The highest BCUT2D eigenvalue weighted by molar-refractivity contribution is 7.86. The Labute approximate surface area is 306 Å². The lowest BCUT2D eigenvalue weighted by Gasteiger charge is -2.24. The summed E-state index contributed by atoms with van der Waals surface area (Å²) in [5, 5.41) is 16.5. The molecule has 0 radical (unpaired) electrons. The van der Waals surface area contributed by atoms with Crippen molar-refractivity contribution in [3.05, 3.63) is 88.7 Å². The van der Waals surface area contributed by atoms with Gasteiger partial charge < -0.3 is 28.5 Å². The van der Waals surface area contributed by atoms with E-state index in [0.717, 1.165) is 12.5 Å². The Hall–Kier alpha value is -5.15. The van der Waals surface area contributed by atoms with E-state index < -0.39 is 43.7 Å². The smallest absolute Gasteiger partial charge is 0.306 e. The van der Waals surface area contributed by atoms with Crippen molar-refractivity contribution in [1.29, 1.82) is 5.26 Å². The molecule has 18 heteroatoms. The fourth-order valence-corrected chi connectivity index (χ4v) is 6.67. The lowest BCUT2D eigenvalue weighted by Crippen LogP contribution is -2.33. The molecule has 1 aliphatic rings. The van der Waals surface area contributed by atoms with Crippen LogP contribution in [0, 0.1) is 11.3 Å². The molecule has 1 amide bonds. The Morgan fingerprint density at radius 1 is 1.04 bits per heavy atom. The second kappa shape index (κ2) is 16.0. The Bertz CT molecular complexity index is 2280. The lowest BCUT2D eigenvalue weighted by atomic mass is 10.1. The Morgan fingerprint density at radius 3 is 2.42 bits per heavy atom. The molecule has 0 saturated carbocycles. The number of halogens is 1. The van der Waals surface area contributed by atoms with Crippen molar-refractivity contribution in [3.8, 4) is 17.6 Å². The molecule has 1 atom stereocenters. The third kappa shape index (κ3) is 9.59. The summed E-state index contributed by atoms with van der Waals surface area (Å²) < 4.78 is 71.4. The number of rotatable bonds is 14. The van der Waals surface area contributed by atoms with Gasteiger partial charge in [0, 0.05) is 29.5 Å². The molecule has 1 aliphatic heterocycles. The quantitative estimate of drug-likeness (QED) is 0.0978. The molecule has 1 saturated heterocycles. The zero-order valence-electron chi connectivity index (χ0n) is 28.5. The average molecular weight is 771 g/mol. The van der Waals surface area contributed by atoms with E-state index in [1.54, 1.807) is 49.3 Å². The van der Waals surface area contributed by atoms with Crippen LogP contribution in [-0.2, 0) is 40.0 Å². The predicted molar refractivity (Wildman–Crippen MR) is 194 cm³/mol. The summed E-state index contributed by atoms with van der Waals surface area (Å²) in [6.45, 7) is 2.61. The predicted octanol–water partition coefficient (Wildman–Crippen LogP) is 5.07. The first-order valence-corrected chi connectivity index (χ1v) is 19.8. The number of hydrogen-bond donors (Lipinski definition) is 2. The molecule has 4 aromatic rings. The van der Waals surface area contributed by atoms with Crippen LogP contribution < -0.4 is 20.1 Å². The van der Waals surface area contributed by atoms with Crippen LogP contribution in [0.5, 0.6) is 11.5 Å². The number of pyridine rings is 2. The van der Waals surface area contributed by atoms with Crippen molar-refractivity contribution in [2.75, 3.05) is 43.3 Å². The normalized spacial score (nSPS) is 15.3. The number of nitrogens with zero attached hydrogens (tertiary/aromatic N) is 4. The monoisotopic (exact) mass is 770 g/mol. The number of likely N-dealkylation sites (tertiary alicyclic amines) is 1. The van der Waals surface area contributed by atoms with Gasteiger partial charge in [-0.1, -0.05) is 17.7 Å². The van der Waals surface area contributed by atoms with Gasteiger partial charge in [-0.25, -0.2) is 0 Å². The largest absolute Gasteiger partial charge is 0.492 e. The van der Waals surface area contributed by atoms with Gasteiger partial charge in [0.1, 0.15) is 24.2 Å². The van der Waals surface area contributed by atoms with Crippen molar-refractivity contribution in [2.24, 2.45) is 0 Å². The molecule has 0 aliphatic carbocycles. The molecule has 15 nitrogen and oxygen atoms in total. The molecule has 0 unspecified atom stereocenters. The fourth-order valence-electron chi connectivity index (χ4n) is 5.46. The lowest BCUT2D eigenvalue weighted by molar-refractivity contribution is -0.115. The van der Waals surface area contributed by atoms with Crippen LogP contribution in [0.15, 0.2) is 72.4 Å². The van der Waals surface area contributed by atoms with Gasteiger partial charge in [-0.2, -0.15) is 22.1 Å². The van der Waals surface area contributed by atoms with Crippen molar-refractivity contribution in [1.82, 2.24) is 14.9 Å². The summed E-state index contributed by atoms with van der Waals surface area (Å²) in [5.41, 5.74) is 2.07. The van der Waals surface area contributed by atoms with E-state index in [1.165, 1.54) is 18.3 Å². The maximum Gasteiger partial charge on any atom is 0.306 e. The molecule has 2 aromatic carbocycles. The summed E-state index contributed by atoms with van der Waals surface area (Å²) in [6, 6.07) is 14.8. The number of carbonyl (C=O) groups is 1. The molecular formula is C34H35ClN6O9S2. The maximum absolute atomic E-state index is 14.0. The second-order valence-corrected chi connectivity index (χ2v) is 15.3. The second-order valence-electron chi connectivity index (χ2n) is 11.7. The number of hydrogen-bond acceptors (Lipinski definition) is 14. The van der Waals surface area contributed by atoms with Gasteiger partial charge in [0.05, 0.1) is 58.3 Å². The van der Waals surface area contributed by atoms with E-state index in [9.17, 15) is 26.9 Å². The standard InChI is InChI=1S/C34H35ClN6O9S2/c1-5-47-30-17-26-24(16-27(30)40-34(42)33(50-52(4,45)46)32(49-51(3,43)44)28-10-8-14-41(28)2)31(21(18-36)19-38-26)39-22-11-12-29(25(35)15-22)48-20-23-9-6-7-13-37-23/h6-7,9,11-13,15-17,19,28H,5,8,10,14,20H2,1-4H3,(H,38,39)(H,40,42)/b33-32+/t28-/m1/s1. The minimum Gasteiger partial charge on any atom is -0.492 e. The molecule has 1 fully saturated rings. The van der Waals surface area contributed by atoms with E-state index in [4.69, 9.17) is 29.4 Å². The van der Waals surface area contributed by atoms with Gasteiger partial charge in [0.25, 0.3) is 5.91 Å². The van der Waals surface area contributed by atoms with E-state index >= 15 is 0 Å². The summed E-state index contributed by atoms with van der Waals surface area (Å²) in [4.78, 5) is 24.3. The third-order valence-electron chi connectivity index (χ3n) is 7.67. The van der Waals surface area contributed by atoms with Crippen LogP contribution in [0.4, 0.5) is 17.1 Å². The number of nitrogens with one attached hydrogen (secondary N) is 2. The number of nitriles is 1. The van der Waals surface area contributed by atoms with Crippen LogP contribution in [0.25, 0.3) is 10.9 Å². The minimum absolute atomic E-state index is 0.0312. The summed E-state index contributed by atoms with van der Waals surface area (Å²) in [6.07, 6.45) is 5.52. The number of ether oxygens (including phenoxy) is 2. The Balaban J connectivity index is 1.56.